The second kappa shape index (κ2) is 7.82. The maximum Gasteiger partial charge on any atom is 0.222 e. The van der Waals surface area contributed by atoms with Crippen molar-refractivity contribution < 1.29 is 9.53 Å². The Labute approximate surface area is 116 Å². The summed E-state index contributed by atoms with van der Waals surface area (Å²) in [5, 5.41) is 0. The normalized spacial score (nSPS) is 12.0. The van der Waals surface area contributed by atoms with Crippen LogP contribution in [0, 0.1) is 0 Å². The number of hydrogen-bond donors (Lipinski definition) is 0. The van der Waals surface area contributed by atoms with Crippen molar-refractivity contribution in [3.63, 3.8) is 0 Å². The van der Waals surface area contributed by atoms with Crippen LogP contribution in [0.15, 0.2) is 24.3 Å². The quantitative estimate of drug-likeness (QED) is 0.700. The molecule has 0 saturated carbocycles. The number of unbranched alkanes of at least 4 members (excludes halogenated alkanes) is 2. The van der Waals surface area contributed by atoms with Gasteiger partial charge in [0.1, 0.15) is 5.75 Å². The summed E-state index contributed by atoms with van der Waals surface area (Å²) in [6.07, 6.45) is 3.85. The third-order valence-corrected chi connectivity index (χ3v) is 3.56. The van der Waals surface area contributed by atoms with Gasteiger partial charge in [-0.25, -0.2) is 0 Å². The molecule has 0 aliphatic rings. The van der Waals surface area contributed by atoms with Crippen LogP contribution in [0.2, 0.25) is 0 Å². The van der Waals surface area contributed by atoms with Crippen molar-refractivity contribution in [2.75, 3.05) is 14.2 Å². The van der Waals surface area contributed by atoms with Gasteiger partial charge < -0.3 is 9.64 Å². The van der Waals surface area contributed by atoms with Crippen LogP contribution in [-0.2, 0) is 4.79 Å². The van der Waals surface area contributed by atoms with E-state index in [0.717, 1.165) is 30.6 Å². The molecule has 1 amide bonds. The molecule has 3 heteroatoms. The van der Waals surface area contributed by atoms with E-state index in [1.54, 1.807) is 7.11 Å². The number of methoxy groups -OCH3 is 1. The van der Waals surface area contributed by atoms with Gasteiger partial charge in [0.05, 0.1) is 13.2 Å². The molecule has 0 aromatic heterocycles. The number of nitrogens with zero attached hydrogens (tertiary/aromatic N) is 1. The number of carbonyl (C=O) groups is 1. The molecule has 0 N–H and O–H groups in total. The van der Waals surface area contributed by atoms with Gasteiger partial charge in [0.15, 0.2) is 0 Å². The number of rotatable bonds is 7. The molecule has 1 rings (SSSR count). The van der Waals surface area contributed by atoms with Crippen LogP contribution in [0.3, 0.4) is 0 Å². The Kier molecular flexibility index (Phi) is 6.40. The zero-order chi connectivity index (χ0) is 14.3. The van der Waals surface area contributed by atoms with Crippen LogP contribution in [0.4, 0.5) is 0 Å². The molecule has 0 aliphatic heterocycles. The lowest BCUT2D eigenvalue weighted by Crippen LogP contribution is -2.29. The zero-order valence-electron chi connectivity index (χ0n) is 12.5. The minimum Gasteiger partial charge on any atom is -0.496 e. The summed E-state index contributed by atoms with van der Waals surface area (Å²) < 4.78 is 5.36. The van der Waals surface area contributed by atoms with Crippen LogP contribution in [0.1, 0.15) is 51.1 Å². The first-order valence-electron chi connectivity index (χ1n) is 7.00. The van der Waals surface area contributed by atoms with Crippen LogP contribution in [0.25, 0.3) is 0 Å². The number of carbonyl (C=O) groups excluding carboxylic acids is 1. The van der Waals surface area contributed by atoms with E-state index in [-0.39, 0.29) is 11.9 Å². The van der Waals surface area contributed by atoms with E-state index in [1.807, 2.05) is 43.1 Å². The van der Waals surface area contributed by atoms with Crippen LogP contribution in [-0.4, -0.2) is 25.0 Å². The molecule has 19 heavy (non-hydrogen) atoms. The van der Waals surface area contributed by atoms with E-state index >= 15 is 0 Å². The molecule has 1 unspecified atom stereocenters. The molecule has 0 spiro atoms. The molecule has 0 saturated heterocycles. The fraction of sp³-hybridized carbons (Fsp3) is 0.562. The van der Waals surface area contributed by atoms with Gasteiger partial charge in [-0.05, 0) is 19.4 Å². The van der Waals surface area contributed by atoms with Gasteiger partial charge in [-0.15, -0.1) is 0 Å². The molecular weight excluding hydrogens is 238 g/mol. The lowest BCUT2D eigenvalue weighted by Gasteiger charge is -2.26. The molecular formula is C16H25NO2. The highest BCUT2D eigenvalue weighted by atomic mass is 16.5. The van der Waals surface area contributed by atoms with Crippen molar-refractivity contribution in [2.24, 2.45) is 0 Å². The smallest absolute Gasteiger partial charge is 0.222 e. The van der Waals surface area contributed by atoms with Gasteiger partial charge >= 0.3 is 0 Å². The maximum absolute atomic E-state index is 12.1. The Morgan fingerprint density at radius 1 is 1.32 bits per heavy atom. The Hall–Kier alpha value is -1.51. The zero-order valence-corrected chi connectivity index (χ0v) is 12.5. The summed E-state index contributed by atoms with van der Waals surface area (Å²) in [6.45, 7) is 4.18. The first-order valence-corrected chi connectivity index (χ1v) is 7.00. The number of ether oxygens (including phenoxy) is 1. The number of amides is 1. The third kappa shape index (κ3) is 4.27. The second-order valence-electron chi connectivity index (χ2n) is 4.88. The molecule has 106 valence electrons. The monoisotopic (exact) mass is 263 g/mol. The third-order valence-electron chi connectivity index (χ3n) is 3.56. The predicted octanol–water partition coefficient (Wildman–Crippen LogP) is 3.79. The van der Waals surface area contributed by atoms with Crippen LogP contribution >= 0.6 is 0 Å². The molecule has 0 bridgehead atoms. The molecule has 0 radical (unpaired) electrons. The number of benzene rings is 1. The predicted molar refractivity (Wildman–Crippen MR) is 78.3 cm³/mol. The van der Waals surface area contributed by atoms with Crippen molar-refractivity contribution >= 4 is 5.91 Å². The molecule has 0 heterocycles. The van der Waals surface area contributed by atoms with Gasteiger partial charge in [-0.1, -0.05) is 38.0 Å². The van der Waals surface area contributed by atoms with Crippen LogP contribution in [0.5, 0.6) is 5.75 Å². The van der Waals surface area contributed by atoms with Crippen molar-refractivity contribution in [3.8, 4) is 5.75 Å². The van der Waals surface area contributed by atoms with Gasteiger partial charge in [0.2, 0.25) is 5.91 Å². The van der Waals surface area contributed by atoms with Crippen molar-refractivity contribution in [1.82, 2.24) is 4.90 Å². The highest BCUT2D eigenvalue weighted by molar-refractivity contribution is 5.76. The van der Waals surface area contributed by atoms with E-state index in [0.29, 0.717) is 6.42 Å². The molecule has 1 atom stereocenters. The summed E-state index contributed by atoms with van der Waals surface area (Å²) in [5.41, 5.74) is 1.05. The molecule has 1 aromatic carbocycles. The second-order valence-corrected chi connectivity index (χ2v) is 4.88. The lowest BCUT2D eigenvalue weighted by molar-refractivity contribution is -0.131. The maximum atomic E-state index is 12.1. The Morgan fingerprint density at radius 3 is 2.63 bits per heavy atom. The summed E-state index contributed by atoms with van der Waals surface area (Å²) >= 11 is 0. The first kappa shape index (κ1) is 15.5. The van der Waals surface area contributed by atoms with Crippen LogP contribution < -0.4 is 4.74 Å². The summed E-state index contributed by atoms with van der Waals surface area (Å²) in [5.74, 6) is 1.04. The molecule has 0 aliphatic carbocycles. The van der Waals surface area contributed by atoms with E-state index in [1.165, 1.54) is 0 Å². The van der Waals surface area contributed by atoms with E-state index in [2.05, 4.69) is 6.92 Å². The SMILES string of the molecule is CCCCCC(=O)N(C)C(C)c1ccccc1OC. The topological polar surface area (TPSA) is 29.5 Å². The largest absolute Gasteiger partial charge is 0.496 e. The molecule has 1 aromatic rings. The van der Waals surface area contributed by atoms with E-state index < -0.39 is 0 Å². The van der Waals surface area contributed by atoms with Gasteiger partial charge in [0.25, 0.3) is 0 Å². The fourth-order valence-electron chi connectivity index (χ4n) is 2.14. The summed E-state index contributed by atoms with van der Waals surface area (Å²) in [7, 11) is 3.53. The van der Waals surface area contributed by atoms with Gasteiger partial charge in [-0.3, -0.25) is 4.79 Å². The summed E-state index contributed by atoms with van der Waals surface area (Å²) in [6, 6.07) is 7.90. The highest BCUT2D eigenvalue weighted by Gasteiger charge is 2.19. The number of para-hydroxylation sites is 1. The standard InChI is InChI=1S/C16H25NO2/c1-5-6-7-12-16(18)17(3)13(2)14-10-8-9-11-15(14)19-4/h8-11,13H,5-7,12H2,1-4H3. The average molecular weight is 263 g/mol. The Bertz CT molecular complexity index is 403. The first-order chi connectivity index (χ1) is 9.11. The minimum absolute atomic E-state index is 0.0327. The Balaban J connectivity index is 2.70. The highest BCUT2D eigenvalue weighted by Crippen LogP contribution is 2.28. The lowest BCUT2D eigenvalue weighted by atomic mass is 10.1. The Morgan fingerprint density at radius 2 is 2.00 bits per heavy atom. The van der Waals surface area contributed by atoms with Gasteiger partial charge in [-0.2, -0.15) is 0 Å². The summed E-state index contributed by atoms with van der Waals surface area (Å²) in [4.78, 5) is 13.9. The average Bonchev–Trinajstić information content (AvgIpc) is 2.45. The van der Waals surface area contributed by atoms with Crippen molar-refractivity contribution in [3.05, 3.63) is 29.8 Å². The van der Waals surface area contributed by atoms with E-state index in [9.17, 15) is 4.79 Å². The fourth-order valence-corrected chi connectivity index (χ4v) is 2.14. The van der Waals surface area contributed by atoms with Gasteiger partial charge in [0, 0.05) is 19.0 Å². The van der Waals surface area contributed by atoms with Crippen molar-refractivity contribution in [1.29, 1.82) is 0 Å². The number of hydrogen-bond acceptors (Lipinski definition) is 2. The molecule has 3 nitrogen and oxygen atoms in total. The molecule has 0 fully saturated rings. The minimum atomic E-state index is 0.0327. The van der Waals surface area contributed by atoms with E-state index in [4.69, 9.17) is 4.74 Å². The van der Waals surface area contributed by atoms with Crippen molar-refractivity contribution in [2.45, 2.75) is 45.6 Å².